The number of aromatic nitrogens is 1. The van der Waals surface area contributed by atoms with E-state index in [4.69, 9.17) is 0 Å². The Morgan fingerprint density at radius 2 is 1.92 bits per heavy atom. The smallest absolute Gasteiger partial charge is 0.270 e. The predicted molar refractivity (Wildman–Crippen MR) is 93.8 cm³/mol. The van der Waals surface area contributed by atoms with Crippen molar-refractivity contribution in [3.05, 3.63) is 59.9 Å². The van der Waals surface area contributed by atoms with Crippen LogP contribution < -0.4 is 0 Å². The molecule has 1 aromatic heterocycles. The molecule has 1 aliphatic heterocycles. The highest BCUT2D eigenvalue weighted by atomic mass is 16.2. The molecule has 0 unspecified atom stereocenters. The van der Waals surface area contributed by atoms with Gasteiger partial charge in [-0.2, -0.15) is 0 Å². The van der Waals surface area contributed by atoms with E-state index in [2.05, 4.69) is 12.1 Å². The summed E-state index contributed by atoms with van der Waals surface area (Å²) < 4.78 is 1.84. The molecule has 1 atom stereocenters. The molecule has 0 bridgehead atoms. The van der Waals surface area contributed by atoms with Crippen LogP contribution >= 0.6 is 0 Å². The quantitative estimate of drug-likeness (QED) is 0.848. The lowest BCUT2D eigenvalue weighted by Gasteiger charge is -2.32. The van der Waals surface area contributed by atoms with Crippen molar-refractivity contribution in [1.29, 1.82) is 0 Å². The summed E-state index contributed by atoms with van der Waals surface area (Å²) in [6.07, 6.45) is 5.00. The van der Waals surface area contributed by atoms with E-state index in [0.29, 0.717) is 18.7 Å². The first kappa shape index (κ1) is 16.5. The first-order chi connectivity index (χ1) is 11.6. The van der Waals surface area contributed by atoms with Gasteiger partial charge >= 0.3 is 0 Å². The number of hydrogen-bond acceptors (Lipinski definition) is 2. The number of amides is 1. The fourth-order valence-electron chi connectivity index (χ4n) is 3.39. The first-order valence-corrected chi connectivity index (χ1v) is 8.62. The molecule has 1 aliphatic rings. The monoisotopic (exact) mass is 324 g/mol. The van der Waals surface area contributed by atoms with Gasteiger partial charge < -0.3 is 9.47 Å². The third kappa shape index (κ3) is 3.75. The molecule has 3 rings (SSSR count). The van der Waals surface area contributed by atoms with Crippen LogP contribution in [0.15, 0.2) is 48.7 Å². The minimum absolute atomic E-state index is 0.0216. The van der Waals surface area contributed by atoms with E-state index < -0.39 is 0 Å². The number of ketones is 1. The Hall–Kier alpha value is -2.36. The highest BCUT2D eigenvalue weighted by molar-refractivity contribution is 5.93. The van der Waals surface area contributed by atoms with Crippen molar-refractivity contribution in [2.24, 2.45) is 13.0 Å². The number of nitrogens with zero attached hydrogens (tertiary/aromatic N) is 2. The molecule has 4 heteroatoms. The maximum absolute atomic E-state index is 12.6. The maximum atomic E-state index is 12.6. The zero-order valence-electron chi connectivity index (χ0n) is 14.1. The Kier molecular flexibility index (Phi) is 5.14. The molecule has 2 heterocycles. The van der Waals surface area contributed by atoms with Gasteiger partial charge in [-0.15, -0.1) is 0 Å². The van der Waals surface area contributed by atoms with Crippen LogP contribution in [-0.4, -0.2) is 34.2 Å². The van der Waals surface area contributed by atoms with Crippen molar-refractivity contribution in [3.8, 4) is 0 Å². The van der Waals surface area contributed by atoms with Gasteiger partial charge in [0.15, 0.2) is 0 Å². The Morgan fingerprint density at radius 1 is 1.12 bits per heavy atom. The van der Waals surface area contributed by atoms with Gasteiger partial charge in [-0.25, -0.2) is 0 Å². The Bertz CT molecular complexity index is 705. The summed E-state index contributed by atoms with van der Waals surface area (Å²) in [6.45, 7) is 1.30. The van der Waals surface area contributed by atoms with Crippen molar-refractivity contribution in [3.63, 3.8) is 0 Å². The van der Waals surface area contributed by atoms with Gasteiger partial charge in [0.2, 0.25) is 0 Å². The van der Waals surface area contributed by atoms with Crippen LogP contribution in [0.2, 0.25) is 0 Å². The van der Waals surface area contributed by atoms with E-state index in [9.17, 15) is 9.59 Å². The molecule has 4 nitrogen and oxygen atoms in total. The zero-order valence-corrected chi connectivity index (χ0v) is 14.1. The minimum Gasteiger partial charge on any atom is -0.347 e. The van der Waals surface area contributed by atoms with Gasteiger partial charge in [-0.05, 0) is 37.0 Å². The second kappa shape index (κ2) is 7.47. The van der Waals surface area contributed by atoms with Crippen LogP contribution in [0.25, 0.3) is 0 Å². The largest absolute Gasteiger partial charge is 0.347 e. The lowest BCUT2D eigenvalue weighted by atomic mass is 9.90. The van der Waals surface area contributed by atoms with Crippen molar-refractivity contribution in [2.75, 3.05) is 13.1 Å². The number of piperidine rings is 1. The number of benzene rings is 1. The molecule has 0 radical (unpaired) electrons. The highest BCUT2D eigenvalue weighted by Crippen LogP contribution is 2.21. The number of carbonyl (C=O) groups is 2. The third-order valence-electron chi connectivity index (χ3n) is 4.83. The molecular formula is C20H24N2O2. The number of Topliss-reactive ketones (excluding diaryl/α,β-unsaturated/α-hetero) is 1. The van der Waals surface area contributed by atoms with Crippen LogP contribution in [-0.2, 0) is 18.3 Å². The van der Waals surface area contributed by atoms with Crippen LogP contribution in [0.3, 0.4) is 0 Å². The minimum atomic E-state index is -0.0216. The van der Waals surface area contributed by atoms with Crippen molar-refractivity contribution in [2.45, 2.75) is 25.7 Å². The summed E-state index contributed by atoms with van der Waals surface area (Å²) in [7, 11) is 1.87. The Labute approximate surface area is 143 Å². The fraction of sp³-hybridized carbons (Fsp3) is 0.400. The SMILES string of the molecule is Cn1cccc1C(=O)N1CCC[C@@H](C(=O)CCc2ccccc2)C1. The maximum Gasteiger partial charge on any atom is 0.270 e. The summed E-state index contributed by atoms with van der Waals surface area (Å²) >= 11 is 0. The predicted octanol–water partition coefficient (Wildman–Crippen LogP) is 3.08. The van der Waals surface area contributed by atoms with Crippen LogP contribution in [0, 0.1) is 5.92 Å². The molecule has 0 N–H and O–H groups in total. The number of likely N-dealkylation sites (tertiary alicyclic amines) is 1. The topological polar surface area (TPSA) is 42.3 Å². The molecule has 0 spiro atoms. The van der Waals surface area contributed by atoms with E-state index in [1.807, 2.05) is 53.0 Å². The number of rotatable bonds is 5. The number of aryl methyl sites for hydroxylation is 2. The van der Waals surface area contributed by atoms with Crippen LogP contribution in [0.1, 0.15) is 35.3 Å². The van der Waals surface area contributed by atoms with Gasteiger partial charge in [0.1, 0.15) is 11.5 Å². The van der Waals surface area contributed by atoms with E-state index in [-0.39, 0.29) is 17.6 Å². The highest BCUT2D eigenvalue weighted by Gasteiger charge is 2.29. The van der Waals surface area contributed by atoms with Crippen LogP contribution in [0.4, 0.5) is 0 Å². The molecule has 0 saturated carbocycles. The number of carbonyl (C=O) groups excluding carboxylic acids is 2. The van der Waals surface area contributed by atoms with Gasteiger partial charge in [0, 0.05) is 38.7 Å². The van der Waals surface area contributed by atoms with E-state index >= 15 is 0 Å². The van der Waals surface area contributed by atoms with Gasteiger partial charge in [0.25, 0.3) is 5.91 Å². The van der Waals surface area contributed by atoms with Crippen LogP contribution in [0.5, 0.6) is 0 Å². The van der Waals surface area contributed by atoms with Crippen molar-refractivity contribution in [1.82, 2.24) is 9.47 Å². The molecule has 1 fully saturated rings. The summed E-state index contributed by atoms with van der Waals surface area (Å²) in [5.41, 5.74) is 1.88. The normalized spacial score (nSPS) is 17.7. The summed E-state index contributed by atoms with van der Waals surface area (Å²) in [5, 5.41) is 0. The molecule has 1 aromatic carbocycles. The average Bonchev–Trinajstić information content (AvgIpc) is 3.06. The molecule has 2 aromatic rings. The Balaban J connectivity index is 1.58. The first-order valence-electron chi connectivity index (χ1n) is 8.62. The van der Waals surface area contributed by atoms with Gasteiger partial charge in [0.05, 0.1) is 0 Å². The lowest BCUT2D eigenvalue weighted by Crippen LogP contribution is -2.42. The average molecular weight is 324 g/mol. The molecule has 1 amide bonds. The van der Waals surface area contributed by atoms with E-state index in [0.717, 1.165) is 25.8 Å². The summed E-state index contributed by atoms with van der Waals surface area (Å²) in [4.78, 5) is 27.0. The van der Waals surface area contributed by atoms with Crippen molar-refractivity contribution >= 4 is 11.7 Å². The number of hydrogen-bond donors (Lipinski definition) is 0. The molecule has 126 valence electrons. The summed E-state index contributed by atoms with van der Waals surface area (Å²) in [6, 6.07) is 13.8. The molecule has 1 saturated heterocycles. The third-order valence-corrected chi connectivity index (χ3v) is 4.83. The lowest BCUT2D eigenvalue weighted by molar-refractivity contribution is -0.124. The van der Waals surface area contributed by atoms with Crippen molar-refractivity contribution < 1.29 is 9.59 Å². The summed E-state index contributed by atoms with van der Waals surface area (Å²) in [5.74, 6) is 0.290. The molecule has 24 heavy (non-hydrogen) atoms. The standard InChI is InChI=1S/C20H24N2O2/c1-21-13-6-10-18(21)20(24)22-14-5-9-17(15-22)19(23)12-11-16-7-3-2-4-8-16/h2-4,6-8,10,13,17H,5,9,11-12,14-15H2,1H3/t17-/m1/s1. The van der Waals surface area contributed by atoms with E-state index in [1.165, 1.54) is 5.56 Å². The molecule has 0 aliphatic carbocycles. The van der Waals surface area contributed by atoms with Gasteiger partial charge in [-0.1, -0.05) is 30.3 Å². The fourth-order valence-corrected chi connectivity index (χ4v) is 3.39. The zero-order chi connectivity index (χ0) is 16.9. The second-order valence-electron chi connectivity index (χ2n) is 6.55. The molecular weight excluding hydrogens is 300 g/mol. The second-order valence-corrected chi connectivity index (χ2v) is 6.55. The van der Waals surface area contributed by atoms with E-state index in [1.54, 1.807) is 0 Å². The Morgan fingerprint density at radius 3 is 2.62 bits per heavy atom. The van der Waals surface area contributed by atoms with Gasteiger partial charge in [-0.3, -0.25) is 9.59 Å².